The van der Waals surface area contributed by atoms with Gasteiger partial charge in [0.15, 0.2) is 0 Å². The van der Waals surface area contributed by atoms with Crippen LogP contribution in [-0.4, -0.2) is 59.2 Å². The zero-order chi connectivity index (χ0) is 19.7. The Labute approximate surface area is 156 Å². The number of nitrogens with zero attached hydrogens (tertiary/aromatic N) is 2. The smallest absolute Gasteiger partial charge is 0.410 e. The molecule has 2 aliphatic heterocycles. The van der Waals surface area contributed by atoms with E-state index in [0.717, 1.165) is 6.42 Å². The van der Waals surface area contributed by atoms with E-state index < -0.39 is 17.7 Å². The van der Waals surface area contributed by atoms with E-state index in [1.54, 1.807) is 0 Å². The van der Waals surface area contributed by atoms with Crippen LogP contribution in [0.2, 0.25) is 0 Å². The number of ether oxygens (including phenoxy) is 2. The SMILES string of the molecule is CC(C)[C@@H](NC(=O)[C@@H]1CCCN1C(=O)OC(C)(C)C)C1=NC(C)(C)CO1. The molecule has 2 amide bonds. The first-order valence-corrected chi connectivity index (χ1v) is 9.42. The first-order valence-electron chi connectivity index (χ1n) is 9.42. The van der Waals surface area contributed by atoms with Gasteiger partial charge in [-0.3, -0.25) is 9.69 Å². The van der Waals surface area contributed by atoms with Gasteiger partial charge in [-0.25, -0.2) is 9.79 Å². The molecule has 7 nitrogen and oxygen atoms in total. The van der Waals surface area contributed by atoms with Gasteiger partial charge >= 0.3 is 6.09 Å². The van der Waals surface area contributed by atoms with E-state index in [2.05, 4.69) is 10.3 Å². The molecule has 2 heterocycles. The normalized spacial score (nSPS) is 23.5. The summed E-state index contributed by atoms with van der Waals surface area (Å²) in [7, 11) is 0. The van der Waals surface area contributed by atoms with Gasteiger partial charge in [-0.15, -0.1) is 0 Å². The second-order valence-electron chi connectivity index (χ2n) is 9.11. The van der Waals surface area contributed by atoms with E-state index in [9.17, 15) is 9.59 Å². The highest BCUT2D eigenvalue weighted by atomic mass is 16.6. The maximum atomic E-state index is 12.9. The molecule has 2 aliphatic rings. The number of carbonyl (C=O) groups excluding carboxylic acids is 2. The summed E-state index contributed by atoms with van der Waals surface area (Å²) in [5, 5.41) is 3.04. The fourth-order valence-electron chi connectivity index (χ4n) is 3.11. The molecular weight excluding hydrogens is 334 g/mol. The molecule has 2 atom stereocenters. The van der Waals surface area contributed by atoms with Gasteiger partial charge in [0.2, 0.25) is 11.8 Å². The number of rotatable bonds is 4. The van der Waals surface area contributed by atoms with Crippen LogP contribution in [0.5, 0.6) is 0 Å². The molecule has 1 fully saturated rings. The third-order valence-corrected chi connectivity index (χ3v) is 4.40. The minimum atomic E-state index is -0.584. The van der Waals surface area contributed by atoms with E-state index in [1.165, 1.54) is 4.90 Å². The predicted octanol–water partition coefficient (Wildman–Crippen LogP) is 2.73. The molecule has 0 aromatic rings. The summed E-state index contributed by atoms with van der Waals surface area (Å²) >= 11 is 0. The number of aliphatic imine (C=N–C) groups is 1. The third kappa shape index (κ3) is 5.11. The molecule has 2 rings (SSSR count). The van der Waals surface area contributed by atoms with Crippen LogP contribution in [0, 0.1) is 5.92 Å². The first-order chi connectivity index (χ1) is 11.9. The van der Waals surface area contributed by atoms with Crippen molar-refractivity contribution < 1.29 is 19.1 Å². The van der Waals surface area contributed by atoms with Crippen LogP contribution in [0.25, 0.3) is 0 Å². The standard InChI is InChI=1S/C19H33N3O4/c1-12(2)14(16-21-19(6,7)11-25-16)20-15(23)13-9-8-10-22(13)17(24)26-18(3,4)5/h12-14H,8-11H2,1-7H3,(H,20,23)/t13-,14+/m0/s1. The summed E-state index contributed by atoms with van der Waals surface area (Å²) in [6.07, 6.45) is 0.981. The van der Waals surface area contributed by atoms with Gasteiger partial charge in [0.25, 0.3) is 0 Å². The third-order valence-electron chi connectivity index (χ3n) is 4.40. The van der Waals surface area contributed by atoms with Gasteiger partial charge in [-0.05, 0) is 53.4 Å². The lowest BCUT2D eigenvalue weighted by atomic mass is 10.0. The molecule has 0 aliphatic carbocycles. The topological polar surface area (TPSA) is 80.2 Å². The Balaban J connectivity index is 2.08. The zero-order valence-electron chi connectivity index (χ0n) is 17.1. The van der Waals surface area contributed by atoms with Crippen molar-refractivity contribution >= 4 is 17.9 Å². The summed E-state index contributed by atoms with van der Waals surface area (Å²) in [5.41, 5.74) is -0.859. The predicted molar refractivity (Wildman–Crippen MR) is 100 cm³/mol. The molecule has 0 spiro atoms. The minimum Gasteiger partial charge on any atom is -0.477 e. The molecule has 0 radical (unpaired) electrons. The zero-order valence-corrected chi connectivity index (χ0v) is 17.1. The largest absolute Gasteiger partial charge is 0.477 e. The van der Waals surface area contributed by atoms with E-state index >= 15 is 0 Å². The van der Waals surface area contributed by atoms with Gasteiger partial charge < -0.3 is 14.8 Å². The number of hydrogen-bond donors (Lipinski definition) is 1. The Morgan fingerprint density at radius 3 is 2.50 bits per heavy atom. The highest BCUT2D eigenvalue weighted by Gasteiger charge is 2.39. The fourth-order valence-corrected chi connectivity index (χ4v) is 3.11. The van der Waals surface area contributed by atoms with Crippen LogP contribution < -0.4 is 5.32 Å². The van der Waals surface area contributed by atoms with E-state index in [0.29, 0.717) is 25.5 Å². The van der Waals surface area contributed by atoms with Crippen molar-refractivity contribution in [3.8, 4) is 0 Å². The second kappa shape index (κ2) is 7.45. The molecule has 0 unspecified atom stereocenters. The average Bonchev–Trinajstić information content (AvgIpc) is 3.08. The summed E-state index contributed by atoms with van der Waals surface area (Å²) in [5.74, 6) is 0.520. The van der Waals surface area contributed by atoms with Crippen molar-refractivity contribution in [2.24, 2.45) is 10.9 Å². The van der Waals surface area contributed by atoms with Crippen molar-refractivity contribution in [3.05, 3.63) is 0 Å². The van der Waals surface area contributed by atoms with Crippen LogP contribution >= 0.6 is 0 Å². The van der Waals surface area contributed by atoms with Crippen molar-refractivity contribution in [1.82, 2.24) is 10.2 Å². The first kappa shape index (κ1) is 20.5. The monoisotopic (exact) mass is 367 g/mol. The molecule has 1 N–H and O–H groups in total. The maximum Gasteiger partial charge on any atom is 0.410 e. The van der Waals surface area contributed by atoms with Gasteiger partial charge in [-0.2, -0.15) is 0 Å². The van der Waals surface area contributed by atoms with E-state index in [-0.39, 0.29) is 23.4 Å². The molecule has 0 saturated carbocycles. The van der Waals surface area contributed by atoms with Gasteiger partial charge in [-0.1, -0.05) is 13.8 Å². The Bertz CT molecular complexity index is 578. The minimum absolute atomic E-state index is 0.128. The molecule has 1 saturated heterocycles. The van der Waals surface area contributed by atoms with Crippen molar-refractivity contribution in [1.29, 1.82) is 0 Å². The van der Waals surface area contributed by atoms with Crippen LogP contribution in [-0.2, 0) is 14.3 Å². The van der Waals surface area contributed by atoms with Crippen LogP contribution in [0.1, 0.15) is 61.3 Å². The number of likely N-dealkylation sites (tertiary alicyclic amines) is 1. The van der Waals surface area contributed by atoms with Crippen LogP contribution in [0.3, 0.4) is 0 Å². The summed E-state index contributed by atoms with van der Waals surface area (Å²) in [4.78, 5) is 31.4. The summed E-state index contributed by atoms with van der Waals surface area (Å²) in [6, 6.07) is -0.813. The second-order valence-corrected chi connectivity index (χ2v) is 9.11. The molecular formula is C19H33N3O4. The van der Waals surface area contributed by atoms with Crippen LogP contribution in [0.15, 0.2) is 4.99 Å². The molecule has 0 aromatic carbocycles. The summed E-state index contributed by atoms with van der Waals surface area (Å²) in [6.45, 7) is 14.5. The average molecular weight is 367 g/mol. The Kier molecular flexibility index (Phi) is 5.88. The van der Waals surface area contributed by atoms with Gasteiger partial charge in [0, 0.05) is 6.54 Å². The van der Waals surface area contributed by atoms with Crippen LogP contribution in [0.4, 0.5) is 4.79 Å². The Morgan fingerprint density at radius 1 is 1.35 bits per heavy atom. The quantitative estimate of drug-likeness (QED) is 0.828. The van der Waals surface area contributed by atoms with Crippen molar-refractivity contribution in [2.75, 3.05) is 13.2 Å². The lowest BCUT2D eigenvalue weighted by Gasteiger charge is -2.29. The van der Waals surface area contributed by atoms with Crippen molar-refractivity contribution in [3.63, 3.8) is 0 Å². The van der Waals surface area contributed by atoms with Gasteiger partial charge in [0.1, 0.15) is 24.3 Å². The molecule has 0 aromatic heterocycles. The number of nitrogens with one attached hydrogen (secondary N) is 1. The lowest BCUT2D eigenvalue weighted by Crippen LogP contribution is -2.53. The highest BCUT2D eigenvalue weighted by Crippen LogP contribution is 2.23. The molecule has 7 heteroatoms. The number of hydrogen-bond acceptors (Lipinski definition) is 5. The molecule has 148 valence electrons. The number of amides is 2. The summed E-state index contributed by atoms with van der Waals surface area (Å²) < 4.78 is 11.2. The lowest BCUT2D eigenvalue weighted by molar-refractivity contribution is -0.126. The van der Waals surface area contributed by atoms with Crippen molar-refractivity contribution in [2.45, 2.75) is 84.5 Å². The highest BCUT2D eigenvalue weighted by molar-refractivity contribution is 5.92. The number of carbonyl (C=O) groups is 2. The van der Waals surface area contributed by atoms with E-state index in [4.69, 9.17) is 9.47 Å². The fraction of sp³-hybridized carbons (Fsp3) is 0.842. The van der Waals surface area contributed by atoms with E-state index in [1.807, 2.05) is 48.5 Å². The maximum absolute atomic E-state index is 12.9. The molecule has 26 heavy (non-hydrogen) atoms. The Hall–Kier alpha value is -1.79. The Morgan fingerprint density at radius 2 is 2.00 bits per heavy atom. The molecule has 0 bridgehead atoms. The van der Waals surface area contributed by atoms with Gasteiger partial charge in [0.05, 0.1) is 5.54 Å².